The molecule has 0 saturated carbocycles. The molecule has 6 heteroatoms. The number of aryl methyl sites for hydroxylation is 1. The number of amides is 1. The van der Waals surface area contributed by atoms with Crippen LogP contribution in [-0.4, -0.2) is 23.7 Å². The van der Waals surface area contributed by atoms with Crippen LogP contribution in [0.25, 0.3) is 0 Å². The second kappa shape index (κ2) is 6.45. The zero-order chi connectivity index (χ0) is 14.5. The second-order valence-corrected chi connectivity index (χ2v) is 4.30. The largest absolute Gasteiger partial charge is 0.507 e. The summed E-state index contributed by atoms with van der Waals surface area (Å²) in [4.78, 5) is 11.7. The number of carbonyl (C=O) groups is 1. The van der Waals surface area contributed by atoms with Gasteiger partial charge in [-0.25, -0.2) is 0 Å². The first kappa shape index (κ1) is 15.3. The van der Waals surface area contributed by atoms with Gasteiger partial charge < -0.3 is 10.4 Å². The van der Waals surface area contributed by atoms with Gasteiger partial charge in [-0.1, -0.05) is 12.1 Å². The van der Waals surface area contributed by atoms with Gasteiger partial charge in [0, 0.05) is 13.0 Å². The van der Waals surface area contributed by atoms with Crippen LogP contribution >= 0.6 is 0 Å². The molecule has 0 radical (unpaired) electrons. The molecular formula is C13H16F3NO2. The summed E-state index contributed by atoms with van der Waals surface area (Å²) in [6.45, 7) is 1.82. The monoisotopic (exact) mass is 275 g/mol. The molecule has 1 rings (SSSR count). The van der Waals surface area contributed by atoms with Crippen molar-refractivity contribution in [3.05, 3.63) is 29.3 Å². The number of hydrogen-bond donors (Lipinski definition) is 2. The van der Waals surface area contributed by atoms with Crippen LogP contribution in [0.1, 0.15) is 35.2 Å². The fourth-order valence-electron chi connectivity index (χ4n) is 1.59. The van der Waals surface area contributed by atoms with Crippen molar-refractivity contribution in [3.63, 3.8) is 0 Å². The van der Waals surface area contributed by atoms with Crippen LogP contribution in [0.2, 0.25) is 0 Å². The van der Waals surface area contributed by atoms with E-state index in [-0.39, 0.29) is 30.7 Å². The molecule has 0 spiro atoms. The van der Waals surface area contributed by atoms with Crippen LogP contribution < -0.4 is 5.32 Å². The second-order valence-electron chi connectivity index (χ2n) is 4.30. The van der Waals surface area contributed by atoms with Crippen LogP contribution in [-0.2, 0) is 0 Å². The standard InChI is InChI=1S/C13H16F3NO2/c1-9-5-4-6-10(11(9)18)12(19)17-8-3-2-7-13(14,15)16/h4-6,18H,2-3,7-8H2,1H3,(H,17,19). The van der Waals surface area contributed by atoms with Crippen molar-refractivity contribution in [1.29, 1.82) is 0 Å². The molecule has 1 amide bonds. The Morgan fingerprint density at radius 2 is 2.00 bits per heavy atom. The molecule has 2 N–H and O–H groups in total. The van der Waals surface area contributed by atoms with Gasteiger partial charge in [0.05, 0.1) is 5.56 Å². The van der Waals surface area contributed by atoms with Gasteiger partial charge in [0.15, 0.2) is 0 Å². The molecule has 1 aromatic rings. The van der Waals surface area contributed by atoms with E-state index >= 15 is 0 Å². The topological polar surface area (TPSA) is 49.3 Å². The number of carbonyl (C=O) groups excluding carboxylic acids is 1. The number of para-hydroxylation sites is 1. The molecule has 0 unspecified atom stereocenters. The molecule has 3 nitrogen and oxygen atoms in total. The van der Waals surface area contributed by atoms with Crippen molar-refractivity contribution < 1.29 is 23.1 Å². The predicted octanol–water partition coefficient (Wildman–Crippen LogP) is 3.16. The highest BCUT2D eigenvalue weighted by Gasteiger charge is 2.25. The van der Waals surface area contributed by atoms with E-state index in [0.29, 0.717) is 5.56 Å². The molecule has 0 aromatic heterocycles. The number of hydrogen-bond acceptors (Lipinski definition) is 2. The predicted molar refractivity (Wildman–Crippen MR) is 65.1 cm³/mol. The van der Waals surface area contributed by atoms with E-state index in [4.69, 9.17) is 0 Å². The third kappa shape index (κ3) is 5.19. The Morgan fingerprint density at radius 1 is 1.32 bits per heavy atom. The maximum Gasteiger partial charge on any atom is 0.389 e. The molecule has 0 heterocycles. The maximum absolute atomic E-state index is 11.9. The number of phenolic OH excluding ortho intramolecular Hbond substituents is 1. The summed E-state index contributed by atoms with van der Waals surface area (Å²) in [6.07, 6.45) is -4.78. The third-order valence-corrected chi connectivity index (χ3v) is 2.65. The Labute approximate surface area is 109 Å². The lowest BCUT2D eigenvalue weighted by Gasteiger charge is -2.09. The summed E-state index contributed by atoms with van der Waals surface area (Å²) in [5, 5.41) is 12.2. The Balaban J connectivity index is 2.38. The maximum atomic E-state index is 11.9. The average Bonchev–Trinajstić information content (AvgIpc) is 2.30. The van der Waals surface area contributed by atoms with Crippen LogP contribution in [0.5, 0.6) is 5.75 Å². The summed E-state index contributed by atoms with van der Waals surface area (Å²) in [6, 6.07) is 4.76. The highest BCUT2D eigenvalue weighted by molar-refractivity contribution is 5.97. The Hall–Kier alpha value is -1.72. The van der Waals surface area contributed by atoms with Gasteiger partial charge in [-0.15, -0.1) is 0 Å². The highest BCUT2D eigenvalue weighted by Crippen LogP contribution is 2.22. The van der Waals surface area contributed by atoms with Crippen molar-refractivity contribution in [3.8, 4) is 5.75 Å². The van der Waals surface area contributed by atoms with E-state index in [1.807, 2.05) is 0 Å². The van der Waals surface area contributed by atoms with Crippen molar-refractivity contribution in [1.82, 2.24) is 5.32 Å². The number of phenols is 1. The molecule has 0 atom stereocenters. The van der Waals surface area contributed by atoms with E-state index in [2.05, 4.69) is 5.32 Å². The van der Waals surface area contributed by atoms with E-state index in [9.17, 15) is 23.1 Å². The van der Waals surface area contributed by atoms with Gasteiger partial charge in [0.25, 0.3) is 5.91 Å². The molecule has 0 bridgehead atoms. The van der Waals surface area contributed by atoms with Crippen molar-refractivity contribution in [2.24, 2.45) is 0 Å². The number of halogens is 3. The number of nitrogens with one attached hydrogen (secondary N) is 1. The minimum absolute atomic E-state index is 0.0242. The molecule has 0 aliphatic carbocycles. The first-order valence-corrected chi connectivity index (χ1v) is 5.95. The Kier molecular flexibility index (Phi) is 5.20. The van der Waals surface area contributed by atoms with Gasteiger partial charge in [-0.05, 0) is 31.4 Å². The van der Waals surface area contributed by atoms with Gasteiger partial charge in [-0.3, -0.25) is 4.79 Å². The van der Waals surface area contributed by atoms with E-state index in [1.165, 1.54) is 6.07 Å². The zero-order valence-electron chi connectivity index (χ0n) is 10.5. The molecule has 19 heavy (non-hydrogen) atoms. The Morgan fingerprint density at radius 3 is 2.63 bits per heavy atom. The minimum Gasteiger partial charge on any atom is -0.507 e. The summed E-state index contributed by atoms with van der Waals surface area (Å²) in [5.41, 5.74) is 0.709. The Bertz CT molecular complexity index is 444. The van der Waals surface area contributed by atoms with Crippen molar-refractivity contribution >= 4 is 5.91 Å². The fourth-order valence-corrected chi connectivity index (χ4v) is 1.59. The van der Waals surface area contributed by atoms with Gasteiger partial charge in [-0.2, -0.15) is 13.2 Å². The lowest BCUT2D eigenvalue weighted by molar-refractivity contribution is -0.135. The van der Waals surface area contributed by atoms with Crippen molar-refractivity contribution in [2.45, 2.75) is 32.4 Å². The van der Waals surface area contributed by atoms with E-state index < -0.39 is 18.5 Å². The van der Waals surface area contributed by atoms with E-state index in [1.54, 1.807) is 19.1 Å². The third-order valence-electron chi connectivity index (χ3n) is 2.65. The van der Waals surface area contributed by atoms with Crippen LogP contribution in [0, 0.1) is 6.92 Å². The van der Waals surface area contributed by atoms with Gasteiger partial charge >= 0.3 is 6.18 Å². The average molecular weight is 275 g/mol. The summed E-state index contributed by atoms with van der Waals surface area (Å²) in [5.74, 6) is -0.580. The summed E-state index contributed by atoms with van der Waals surface area (Å²) < 4.78 is 35.7. The van der Waals surface area contributed by atoms with Crippen LogP contribution in [0.3, 0.4) is 0 Å². The number of unbranched alkanes of at least 4 members (excludes halogenated alkanes) is 1. The van der Waals surface area contributed by atoms with Crippen molar-refractivity contribution in [2.75, 3.05) is 6.54 Å². The molecule has 0 aliphatic heterocycles. The quantitative estimate of drug-likeness (QED) is 0.811. The normalized spacial score (nSPS) is 11.4. The highest BCUT2D eigenvalue weighted by atomic mass is 19.4. The number of alkyl halides is 3. The molecular weight excluding hydrogens is 259 g/mol. The zero-order valence-corrected chi connectivity index (χ0v) is 10.5. The number of aromatic hydroxyl groups is 1. The molecule has 0 saturated heterocycles. The molecule has 0 aliphatic rings. The summed E-state index contributed by atoms with van der Waals surface area (Å²) in [7, 11) is 0. The van der Waals surface area contributed by atoms with Gasteiger partial charge in [0.1, 0.15) is 5.75 Å². The lowest BCUT2D eigenvalue weighted by Crippen LogP contribution is -2.24. The molecule has 0 fully saturated rings. The first-order valence-electron chi connectivity index (χ1n) is 5.95. The molecule has 1 aromatic carbocycles. The smallest absolute Gasteiger partial charge is 0.389 e. The number of benzene rings is 1. The lowest BCUT2D eigenvalue weighted by atomic mass is 10.1. The van der Waals surface area contributed by atoms with Crippen LogP contribution in [0.4, 0.5) is 13.2 Å². The minimum atomic E-state index is -4.15. The fraction of sp³-hybridized carbons (Fsp3) is 0.462. The van der Waals surface area contributed by atoms with Crippen LogP contribution in [0.15, 0.2) is 18.2 Å². The van der Waals surface area contributed by atoms with E-state index in [0.717, 1.165) is 0 Å². The first-order chi connectivity index (χ1) is 8.81. The summed E-state index contributed by atoms with van der Waals surface area (Å²) >= 11 is 0. The number of rotatable bonds is 5. The SMILES string of the molecule is Cc1cccc(C(=O)NCCCCC(F)(F)F)c1O. The molecule has 106 valence electrons. The van der Waals surface area contributed by atoms with Gasteiger partial charge in [0.2, 0.25) is 0 Å².